The van der Waals surface area contributed by atoms with Gasteiger partial charge in [-0.1, -0.05) is 30.7 Å². The maximum absolute atomic E-state index is 13.4. The van der Waals surface area contributed by atoms with Gasteiger partial charge < -0.3 is 9.88 Å². The van der Waals surface area contributed by atoms with Crippen LogP contribution in [0.15, 0.2) is 36.5 Å². The molecule has 0 bridgehead atoms. The normalized spacial score (nSPS) is 12.6. The number of nitrogens with zero attached hydrogens (tertiary/aromatic N) is 1. The summed E-state index contributed by atoms with van der Waals surface area (Å²) in [6.07, 6.45) is 1.99. The number of nitrogens with one attached hydrogen (secondary N) is 1. The van der Waals surface area contributed by atoms with Crippen molar-refractivity contribution in [2.75, 3.05) is 6.54 Å². The largest absolute Gasteiger partial charge is 0.346 e. The first kappa shape index (κ1) is 14.1. The highest BCUT2D eigenvalue weighted by Crippen LogP contribution is 2.22. The Bertz CT molecular complexity index is 551. The van der Waals surface area contributed by atoms with E-state index in [0.717, 1.165) is 12.1 Å². The molecule has 2 nitrogen and oxygen atoms in total. The number of hydrogen-bond donors (Lipinski definition) is 1. The molecule has 1 aromatic heterocycles. The summed E-state index contributed by atoms with van der Waals surface area (Å²) in [4.78, 5) is 0. The molecule has 1 unspecified atom stereocenters. The molecule has 19 heavy (non-hydrogen) atoms. The first-order valence-electron chi connectivity index (χ1n) is 6.44. The van der Waals surface area contributed by atoms with Crippen LogP contribution in [-0.4, -0.2) is 11.1 Å². The van der Waals surface area contributed by atoms with Crippen molar-refractivity contribution in [3.63, 3.8) is 0 Å². The van der Waals surface area contributed by atoms with Crippen molar-refractivity contribution in [2.45, 2.75) is 26.4 Å². The summed E-state index contributed by atoms with van der Waals surface area (Å²) in [5.74, 6) is -0.368. The Hall–Kier alpha value is -1.32. The summed E-state index contributed by atoms with van der Waals surface area (Å²) < 4.78 is 15.5. The second-order valence-electron chi connectivity index (χ2n) is 4.55. The van der Waals surface area contributed by atoms with Crippen LogP contribution < -0.4 is 5.32 Å². The Balaban J connectivity index is 2.24. The average molecular weight is 281 g/mol. The van der Waals surface area contributed by atoms with E-state index >= 15 is 0 Å². The van der Waals surface area contributed by atoms with Crippen molar-refractivity contribution in [3.05, 3.63) is 58.6 Å². The maximum atomic E-state index is 13.4. The number of aromatic nitrogens is 1. The highest BCUT2D eigenvalue weighted by atomic mass is 35.5. The van der Waals surface area contributed by atoms with Crippen molar-refractivity contribution in [1.82, 2.24) is 9.88 Å². The highest BCUT2D eigenvalue weighted by Gasteiger charge is 2.11. The Morgan fingerprint density at radius 2 is 2.11 bits per heavy atom. The van der Waals surface area contributed by atoms with Crippen LogP contribution >= 0.6 is 11.6 Å². The molecule has 0 saturated carbocycles. The number of rotatable bonds is 5. The van der Waals surface area contributed by atoms with Gasteiger partial charge in [0.15, 0.2) is 0 Å². The summed E-state index contributed by atoms with van der Waals surface area (Å²) in [7, 11) is 0. The van der Waals surface area contributed by atoms with Crippen LogP contribution in [0.1, 0.15) is 31.1 Å². The van der Waals surface area contributed by atoms with E-state index in [1.807, 2.05) is 18.3 Å². The molecule has 1 aromatic carbocycles. The second-order valence-corrected chi connectivity index (χ2v) is 4.93. The Morgan fingerprint density at radius 3 is 2.84 bits per heavy atom. The van der Waals surface area contributed by atoms with Gasteiger partial charge in [0.1, 0.15) is 5.82 Å². The molecule has 0 spiro atoms. The van der Waals surface area contributed by atoms with Gasteiger partial charge in [-0.3, -0.25) is 0 Å². The minimum atomic E-state index is -0.368. The lowest BCUT2D eigenvalue weighted by atomic mass is 10.2. The minimum absolute atomic E-state index is 0.207. The molecular formula is C15H18ClFN2. The van der Waals surface area contributed by atoms with E-state index in [4.69, 9.17) is 11.6 Å². The quantitative estimate of drug-likeness (QED) is 0.876. The van der Waals surface area contributed by atoms with E-state index in [9.17, 15) is 4.39 Å². The summed E-state index contributed by atoms with van der Waals surface area (Å²) >= 11 is 6.00. The van der Waals surface area contributed by atoms with Crippen LogP contribution in [-0.2, 0) is 6.54 Å². The van der Waals surface area contributed by atoms with E-state index in [1.165, 1.54) is 11.8 Å². The highest BCUT2D eigenvalue weighted by molar-refractivity contribution is 6.31. The summed E-state index contributed by atoms with van der Waals surface area (Å²) in [6.45, 7) is 5.68. The number of benzene rings is 1. The zero-order valence-electron chi connectivity index (χ0n) is 11.2. The molecule has 2 rings (SSSR count). The van der Waals surface area contributed by atoms with Crippen molar-refractivity contribution in [3.8, 4) is 0 Å². The predicted molar refractivity (Wildman–Crippen MR) is 77.0 cm³/mol. The Labute approximate surface area is 118 Å². The van der Waals surface area contributed by atoms with Gasteiger partial charge in [-0.2, -0.15) is 0 Å². The molecular weight excluding hydrogens is 263 g/mol. The molecule has 4 heteroatoms. The Kier molecular flexibility index (Phi) is 4.61. The third kappa shape index (κ3) is 3.17. The van der Waals surface area contributed by atoms with Crippen LogP contribution in [0, 0.1) is 5.82 Å². The third-order valence-corrected chi connectivity index (χ3v) is 3.61. The smallest absolute Gasteiger partial charge is 0.142 e. The van der Waals surface area contributed by atoms with Crippen LogP contribution in [0.5, 0.6) is 0 Å². The average Bonchev–Trinajstić information content (AvgIpc) is 2.83. The summed E-state index contributed by atoms with van der Waals surface area (Å²) in [5.41, 5.74) is 1.96. The van der Waals surface area contributed by atoms with E-state index in [1.54, 1.807) is 6.07 Å². The molecule has 1 atom stereocenters. The van der Waals surface area contributed by atoms with Crippen molar-refractivity contribution in [1.29, 1.82) is 0 Å². The molecule has 0 aliphatic rings. The fraction of sp³-hybridized carbons (Fsp3) is 0.333. The lowest BCUT2D eigenvalue weighted by Crippen LogP contribution is -2.20. The van der Waals surface area contributed by atoms with E-state index in [-0.39, 0.29) is 16.9 Å². The van der Waals surface area contributed by atoms with Crippen LogP contribution in [0.4, 0.5) is 4.39 Å². The van der Waals surface area contributed by atoms with E-state index in [2.05, 4.69) is 29.8 Å². The fourth-order valence-corrected chi connectivity index (χ4v) is 2.41. The van der Waals surface area contributed by atoms with Gasteiger partial charge in [0.2, 0.25) is 0 Å². The molecule has 2 aromatic rings. The lowest BCUT2D eigenvalue weighted by molar-refractivity contribution is 0.552. The first-order chi connectivity index (χ1) is 9.13. The van der Waals surface area contributed by atoms with Gasteiger partial charge in [-0.25, -0.2) is 4.39 Å². The molecule has 1 N–H and O–H groups in total. The number of halogens is 2. The van der Waals surface area contributed by atoms with Crippen LogP contribution in [0.3, 0.4) is 0 Å². The third-order valence-electron chi connectivity index (χ3n) is 3.19. The predicted octanol–water partition coefficient (Wildman–Crippen LogP) is 4.00. The standard InChI is InChI=1S/C15H18ClFN2/c1-3-18-11(2)14-8-5-9-19(14)10-12-6-4-7-13(17)15(12)16/h4-9,11,18H,3,10H2,1-2H3. The maximum Gasteiger partial charge on any atom is 0.142 e. The molecule has 0 aliphatic heterocycles. The molecule has 0 amide bonds. The molecule has 1 heterocycles. The van der Waals surface area contributed by atoms with Crippen LogP contribution in [0.2, 0.25) is 5.02 Å². The SMILES string of the molecule is CCNC(C)c1cccn1Cc1cccc(F)c1Cl. The topological polar surface area (TPSA) is 17.0 Å². The molecule has 0 saturated heterocycles. The van der Waals surface area contributed by atoms with Crippen LogP contribution in [0.25, 0.3) is 0 Å². The van der Waals surface area contributed by atoms with Gasteiger partial charge >= 0.3 is 0 Å². The first-order valence-corrected chi connectivity index (χ1v) is 6.82. The van der Waals surface area contributed by atoms with Gasteiger partial charge in [-0.15, -0.1) is 0 Å². The number of hydrogen-bond acceptors (Lipinski definition) is 1. The van der Waals surface area contributed by atoms with Gasteiger partial charge in [-0.05, 0) is 37.2 Å². The van der Waals surface area contributed by atoms with Gasteiger partial charge in [0.05, 0.1) is 5.02 Å². The lowest BCUT2D eigenvalue weighted by Gasteiger charge is -2.17. The fourth-order valence-electron chi connectivity index (χ4n) is 2.23. The Morgan fingerprint density at radius 1 is 1.32 bits per heavy atom. The summed E-state index contributed by atoms with van der Waals surface area (Å²) in [6, 6.07) is 9.24. The zero-order chi connectivity index (χ0) is 13.8. The molecule has 0 fully saturated rings. The monoisotopic (exact) mass is 280 g/mol. The minimum Gasteiger partial charge on any atom is -0.346 e. The van der Waals surface area contributed by atoms with E-state index < -0.39 is 0 Å². The summed E-state index contributed by atoms with van der Waals surface area (Å²) in [5, 5.41) is 3.58. The van der Waals surface area contributed by atoms with Crippen molar-refractivity contribution in [2.24, 2.45) is 0 Å². The molecule has 102 valence electrons. The second kappa shape index (κ2) is 6.22. The zero-order valence-corrected chi connectivity index (χ0v) is 11.9. The molecule has 0 aliphatic carbocycles. The van der Waals surface area contributed by atoms with Gasteiger partial charge in [0, 0.05) is 24.5 Å². The van der Waals surface area contributed by atoms with Gasteiger partial charge in [0.25, 0.3) is 0 Å². The van der Waals surface area contributed by atoms with E-state index in [0.29, 0.717) is 6.54 Å². The van der Waals surface area contributed by atoms with Crippen molar-refractivity contribution < 1.29 is 4.39 Å². The van der Waals surface area contributed by atoms with Crippen molar-refractivity contribution >= 4 is 11.6 Å². The molecule has 0 radical (unpaired) electrons.